The SMILES string of the molecule is Cc1cccc([P+](Cl)(Cl)Cl)c1C. The first-order valence-corrected chi connectivity index (χ1v) is 7.98. The number of halogens is 3. The van der Waals surface area contributed by atoms with Crippen LogP contribution in [0.2, 0.25) is 0 Å². The second kappa shape index (κ2) is 3.72. The molecule has 4 heteroatoms. The van der Waals surface area contributed by atoms with Crippen molar-refractivity contribution in [2.24, 2.45) is 0 Å². The van der Waals surface area contributed by atoms with Gasteiger partial charge in [-0.25, -0.2) is 0 Å². The van der Waals surface area contributed by atoms with Crippen LogP contribution in [0.15, 0.2) is 18.2 Å². The lowest BCUT2D eigenvalue weighted by Gasteiger charge is -2.05. The fourth-order valence-electron chi connectivity index (χ4n) is 1.01. The number of hydrogen-bond donors (Lipinski definition) is 0. The van der Waals surface area contributed by atoms with Crippen molar-refractivity contribution in [2.45, 2.75) is 13.8 Å². The molecule has 0 atom stereocenters. The summed E-state index contributed by atoms with van der Waals surface area (Å²) < 4.78 is 0. The van der Waals surface area contributed by atoms with E-state index in [9.17, 15) is 0 Å². The average Bonchev–Trinajstić information content (AvgIpc) is 1.92. The van der Waals surface area contributed by atoms with Crippen molar-refractivity contribution in [3.63, 3.8) is 0 Å². The van der Waals surface area contributed by atoms with Crippen molar-refractivity contribution in [2.75, 3.05) is 0 Å². The highest BCUT2D eigenvalue weighted by Crippen LogP contribution is 2.72. The summed E-state index contributed by atoms with van der Waals surface area (Å²) in [5.74, 6) is 0. The summed E-state index contributed by atoms with van der Waals surface area (Å²) in [6, 6.07) is 5.81. The van der Waals surface area contributed by atoms with Gasteiger partial charge in [0.2, 0.25) is 0 Å². The third kappa shape index (κ3) is 2.26. The molecule has 12 heavy (non-hydrogen) atoms. The topological polar surface area (TPSA) is 0 Å². The zero-order valence-corrected chi connectivity index (χ0v) is 9.98. The van der Waals surface area contributed by atoms with Gasteiger partial charge in [0.25, 0.3) is 0 Å². The van der Waals surface area contributed by atoms with Gasteiger partial charge in [0, 0.05) is 0 Å². The van der Waals surface area contributed by atoms with E-state index in [1.54, 1.807) is 0 Å². The van der Waals surface area contributed by atoms with E-state index in [1.165, 1.54) is 5.56 Å². The lowest BCUT2D eigenvalue weighted by molar-refractivity contribution is 1.37. The van der Waals surface area contributed by atoms with E-state index in [2.05, 4.69) is 0 Å². The van der Waals surface area contributed by atoms with Gasteiger partial charge in [-0.15, -0.1) is 0 Å². The fourth-order valence-corrected chi connectivity index (χ4v) is 3.47. The van der Waals surface area contributed by atoms with Crippen molar-refractivity contribution in [3.05, 3.63) is 29.3 Å². The van der Waals surface area contributed by atoms with E-state index in [0.717, 1.165) is 10.9 Å². The summed E-state index contributed by atoms with van der Waals surface area (Å²) in [5.41, 5.74) is 2.25. The van der Waals surface area contributed by atoms with Crippen LogP contribution in [0.1, 0.15) is 11.1 Å². The molecule has 1 aromatic carbocycles. The third-order valence-corrected chi connectivity index (χ3v) is 4.52. The molecular weight excluding hydrogens is 233 g/mol. The summed E-state index contributed by atoms with van der Waals surface area (Å²) in [5, 5.41) is -1.55. The van der Waals surface area contributed by atoms with E-state index >= 15 is 0 Å². The molecule has 0 aliphatic heterocycles. The van der Waals surface area contributed by atoms with Gasteiger partial charge in [-0.3, -0.25) is 0 Å². The molecule has 0 nitrogen and oxygen atoms in total. The normalized spacial score (nSPS) is 11.8. The first-order chi connectivity index (χ1) is 5.43. The third-order valence-electron chi connectivity index (χ3n) is 1.85. The van der Waals surface area contributed by atoms with Gasteiger partial charge < -0.3 is 0 Å². The van der Waals surface area contributed by atoms with Crippen molar-refractivity contribution >= 4 is 44.3 Å². The molecular formula is C8H9Cl3P+. The molecule has 0 fully saturated rings. The van der Waals surface area contributed by atoms with Crippen molar-refractivity contribution < 1.29 is 0 Å². The molecule has 1 aromatic rings. The number of hydrogen-bond acceptors (Lipinski definition) is 0. The second-order valence-corrected chi connectivity index (χ2v) is 10.2. The van der Waals surface area contributed by atoms with E-state index in [-0.39, 0.29) is 0 Å². The smallest absolute Gasteiger partial charge is 0.0588 e. The predicted molar refractivity (Wildman–Crippen MR) is 60.0 cm³/mol. The minimum absolute atomic E-state index is 0.868. The minimum atomic E-state index is -2.42. The molecule has 0 bridgehead atoms. The highest BCUT2D eigenvalue weighted by molar-refractivity contribution is 8.36. The van der Waals surface area contributed by atoms with Gasteiger partial charge in [0.05, 0.1) is 0 Å². The van der Waals surface area contributed by atoms with Crippen LogP contribution >= 0.6 is 39.0 Å². The average molecular weight is 242 g/mol. The molecule has 0 spiro atoms. The molecule has 0 heterocycles. The highest BCUT2D eigenvalue weighted by atomic mass is 36.1. The Labute approximate surface area is 87.5 Å². The van der Waals surface area contributed by atoms with Crippen LogP contribution in [0.5, 0.6) is 0 Å². The lowest BCUT2D eigenvalue weighted by Crippen LogP contribution is -2.05. The Kier molecular flexibility index (Phi) is 3.28. The first-order valence-electron chi connectivity index (χ1n) is 3.47. The minimum Gasteiger partial charge on any atom is -0.0588 e. The predicted octanol–water partition coefficient (Wildman–Crippen LogP) is 4.41. The molecule has 0 saturated heterocycles. The standard InChI is InChI=1S/C8H9Cl3P/c1-6-4-3-5-8(7(6)2)12(9,10)11/h3-5H,1-2H3/q+1. The fraction of sp³-hybridized carbons (Fsp3) is 0.250. The second-order valence-electron chi connectivity index (χ2n) is 2.66. The zero-order valence-electron chi connectivity index (χ0n) is 6.81. The van der Waals surface area contributed by atoms with Gasteiger partial charge in [-0.05, 0) is 31.0 Å². The first kappa shape index (κ1) is 10.6. The molecule has 0 radical (unpaired) electrons. The van der Waals surface area contributed by atoms with Gasteiger partial charge in [-0.1, -0.05) is 12.1 Å². The van der Waals surface area contributed by atoms with Crippen LogP contribution in [-0.4, -0.2) is 0 Å². The van der Waals surface area contributed by atoms with Crippen LogP contribution < -0.4 is 5.30 Å². The van der Waals surface area contributed by atoms with E-state index in [0.29, 0.717) is 0 Å². The Morgan fingerprint density at radius 1 is 1.08 bits per heavy atom. The van der Waals surface area contributed by atoms with Crippen molar-refractivity contribution in [3.8, 4) is 0 Å². The molecule has 0 saturated carbocycles. The van der Waals surface area contributed by atoms with Crippen LogP contribution in [0, 0.1) is 13.8 Å². The molecule has 0 aromatic heterocycles. The highest BCUT2D eigenvalue weighted by Gasteiger charge is 2.38. The molecule has 0 N–H and O–H groups in total. The number of benzene rings is 1. The Morgan fingerprint density at radius 3 is 2.08 bits per heavy atom. The van der Waals surface area contributed by atoms with Crippen molar-refractivity contribution in [1.29, 1.82) is 0 Å². The van der Waals surface area contributed by atoms with Gasteiger partial charge in [0.1, 0.15) is 39.0 Å². The van der Waals surface area contributed by atoms with E-state index < -0.39 is 5.32 Å². The van der Waals surface area contributed by atoms with E-state index in [4.69, 9.17) is 33.7 Å². The Balaban J connectivity index is 3.26. The molecule has 0 aliphatic carbocycles. The van der Waals surface area contributed by atoms with Crippen LogP contribution in [0.4, 0.5) is 0 Å². The van der Waals surface area contributed by atoms with E-state index in [1.807, 2.05) is 32.0 Å². The Hall–Kier alpha value is 0.520. The van der Waals surface area contributed by atoms with Crippen molar-refractivity contribution in [1.82, 2.24) is 0 Å². The lowest BCUT2D eigenvalue weighted by atomic mass is 10.1. The van der Waals surface area contributed by atoms with Gasteiger partial charge >= 0.3 is 5.32 Å². The Bertz CT molecular complexity index is 291. The van der Waals surface area contributed by atoms with Crippen LogP contribution in [0.25, 0.3) is 0 Å². The molecule has 0 amide bonds. The van der Waals surface area contributed by atoms with Gasteiger partial charge in [-0.2, -0.15) is 0 Å². The Morgan fingerprint density at radius 2 is 1.67 bits per heavy atom. The maximum absolute atomic E-state index is 5.88. The van der Waals surface area contributed by atoms with Crippen LogP contribution in [-0.2, 0) is 0 Å². The quantitative estimate of drug-likeness (QED) is 0.640. The monoisotopic (exact) mass is 241 g/mol. The summed E-state index contributed by atoms with van der Waals surface area (Å²) >= 11 is 17.6. The summed E-state index contributed by atoms with van der Waals surface area (Å²) in [4.78, 5) is 0. The number of rotatable bonds is 1. The van der Waals surface area contributed by atoms with Crippen LogP contribution in [0.3, 0.4) is 0 Å². The largest absolute Gasteiger partial charge is 0.339 e. The molecule has 66 valence electrons. The maximum Gasteiger partial charge on any atom is 0.339 e. The molecule has 0 aliphatic rings. The summed E-state index contributed by atoms with van der Waals surface area (Å²) in [7, 11) is 0. The summed E-state index contributed by atoms with van der Waals surface area (Å²) in [6.07, 6.45) is 0. The zero-order chi connectivity index (χ0) is 9.35. The van der Waals surface area contributed by atoms with Gasteiger partial charge in [0.15, 0.2) is 0 Å². The molecule has 1 rings (SSSR count). The number of aryl methyl sites for hydroxylation is 1. The summed E-state index contributed by atoms with van der Waals surface area (Å²) in [6.45, 7) is 3.99. The maximum atomic E-state index is 5.88. The molecule has 0 unspecified atom stereocenters.